The number of nitrogens with zero attached hydrogens (tertiary/aromatic N) is 1. The van der Waals surface area contributed by atoms with Gasteiger partial charge in [0, 0.05) is 36.8 Å². The van der Waals surface area contributed by atoms with Crippen LogP contribution in [0.5, 0.6) is 23.0 Å². The molecule has 0 aromatic heterocycles. The van der Waals surface area contributed by atoms with E-state index in [1.54, 1.807) is 28.4 Å². The zero-order valence-electron chi connectivity index (χ0n) is 19.7. The van der Waals surface area contributed by atoms with Crippen molar-refractivity contribution in [3.05, 3.63) is 58.7 Å². The van der Waals surface area contributed by atoms with E-state index >= 15 is 0 Å². The standard InChI is InChI=1S/C21H25NO4.C4H4O4/c1-23-18-6-5-13-9-17-15-11-20(25-3)19(24-2)10-14(15)7-8-22(17)12-16(13)21(18)26-4;5-3(6)1-2-4(7)8/h5-6,10-11,17H,7-9,12H2,1-4H3;1-2H,(H,5,6)(H,7,8)/b;2-1-/t17-;/m1./s1. The number of methoxy groups -OCH3 is 4. The number of benzene rings is 2. The maximum atomic E-state index is 9.55. The molecule has 2 aliphatic rings. The van der Waals surface area contributed by atoms with E-state index in [-0.39, 0.29) is 0 Å². The Bertz CT molecular complexity index is 1080. The first-order chi connectivity index (χ1) is 16.3. The summed E-state index contributed by atoms with van der Waals surface area (Å²) in [6.07, 6.45) is 3.08. The van der Waals surface area contributed by atoms with Crippen LogP contribution in [0.3, 0.4) is 0 Å². The second-order valence-electron chi connectivity index (χ2n) is 7.79. The fourth-order valence-electron chi connectivity index (χ4n) is 4.46. The van der Waals surface area contributed by atoms with Gasteiger partial charge in [-0.1, -0.05) is 6.07 Å². The predicted octanol–water partition coefficient (Wildman–Crippen LogP) is 3.09. The van der Waals surface area contributed by atoms with Crippen LogP contribution in [0.4, 0.5) is 0 Å². The molecule has 2 aromatic carbocycles. The number of ether oxygens (including phenoxy) is 4. The van der Waals surface area contributed by atoms with Crippen molar-refractivity contribution in [2.75, 3.05) is 35.0 Å². The Labute approximate surface area is 198 Å². The quantitative estimate of drug-likeness (QED) is 0.613. The molecule has 1 atom stereocenters. The summed E-state index contributed by atoms with van der Waals surface area (Å²) in [6, 6.07) is 8.81. The molecule has 34 heavy (non-hydrogen) atoms. The molecule has 2 aliphatic heterocycles. The van der Waals surface area contributed by atoms with Gasteiger partial charge in [0.05, 0.1) is 28.4 Å². The highest BCUT2D eigenvalue weighted by molar-refractivity contribution is 5.89. The van der Waals surface area contributed by atoms with Crippen molar-refractivity contribution in [1.29, 1.82) is 0 Å². The minimum absolute atomic E-state index is 0.351. The number of hydrogen-bond acceptors (Lipinski definition) is 7. The number of hydrogen-bond donors (Lipinski definition) is 2. The van der Waals surface area contributed by atoms with Crippen LogP contribution in [-0.4, -0.2) is 62.0 Å². The first kappa shape index (κ1) is 24.9. The van der Waals surface area contributed by atoms with Crippen LogP contribution in [0, 0.1) is 0 Å². The van der Waals surface area contributed by atoms with E-state index in [0.717, 1.165) is 48.9 Å². The van der Waals surface area contributed by atoms with E-state index in [0.29, 0.717) is 18.2 Å². The molecule has 0 unspecified atom stereocenters. The van der Waals surface area contributed by atoms with Crippen molar-refractivity contribution < 1.29 is 38.7 Å². The lowest BCUT2D eigenvalue weighted by Gasteiger charge is -2.42. The highest BCUT2D eigenvalue weighted by atomic mass is 16.5. The Morgan fingerprint density at radius 3 is 2.06 bits per heavy atom. The molecule has 9 nitrogen and oxygen atoms in total. The van der Waals surface area contributed by atoms with E-state index in [4.69, 9.17) is 29.2 Å². The molecule has 0 bridgehead atoms. The number of rotatable bonds is 6. The fourth-order valence-corrected chi connectivity index (χ4v) is 4.46. The van der Waals surface area contributed by atoms with E-state index in [2.05, 4.69) is 23.1 Å². The molecule has 9 heteroatoms. The summed E-state index contributed by atoms with van der Waals surface area (Å²) in [6.45, 7) is 1.89. The molecule has 2 N–H and O–H groups in total. The van der Waals surface area contributed by atoms with Crippen LogP contribution in [0.25, 0.3) is 0 Å². The first-order valence-electron chi connectivity index (χ1n) is 10.7. The van der Waals surface area contributed by atoms with E-state index in [9.17, 15) is 9.59 Å². The second-order valence-corrected chi connectivity index (χ2v) is 7.79. The molecule has 0 amide bonds. The van der Waals surface area contributed by atoms with Gasteiger partial charge >= 0.3 is 11.9 Å². The van der Waals surface area contributed by atoms with Crippen molar-refractivity contribution in [1.82, 2.24) is 4.90 Å². The van der Waals surface area contributed by atoms with Gasteiger partial charge in [-0.3, -0.25) is 4.90 Å². The van der Waals surface area contributed by atoms with Crippen LogP contribution in [0.1, 0.15) is 28.3 Å². The molecule has 2 aromatic rings. The number of carbonyl (C=O) groups is 2. The molecule has 0 fully saturated rings. The van der Waals surface area contributed by atoms with Crippen LogP contribution in [0.15, 0.2) is 36.4 Å². The molecule has 0 saturated heterocycles. The summed E-state index contributed by atoms with van der Waals surface area (Å²) >= 11 is 0. The monoisotopic (exact) mass is 471 g/mol. The third kappa shape index (κ3) is 5.26. The summed E-state index contributed by atoms with van der Waals surface area (Å²) in [5.41, 5.74) is 5.26. The largest absolute Gasteiger partial charge is 0.493 e. The Morgan fingerprint density at radius 2 is 1.50 bits per heavy atom. The van der Waals surface area contributed by atoms with Gasteiger partial charge in [0.1, 0.15) is 0 Å². The average molecular weight is 472 g/mol. The smallest absolute Gasteiger partial charge is 0.328 e. The zero-order valence-corrected chi connectivity index (χ0v) is 19.7. The van der Waals surface area contributed by atoms with Gasteiger partial charge in [0.2, 0.25) is 0 Å². The Hall–Kier alpha value is -3.72. The third-order valence-electron chi connectivity index (χ3n) is 6.00. The van der Waals surface area contributed by atoms with Crippen LogP contribution in [-0.2, 0) is 29.0 Å². The number of carboxylic acid groups (broad SMARTS) is 2. The predicted molar refractivity (Wildman–Crippen MR) is 124 cm³/mol. The summed E-state index contributed by atoms with van der Waals surface area (Å²) < 4.78 is 22.2. The van der Waals surface area contributed by atoms with Gasteiger partial charge in [-0.05, 0) is 47.7 Å². The van der Waals surface area contributed by atoms with Gasteiger partial charge in [-0.25, -0.2) is 9.59 Å². The SMILES string of the molecule is COc1cc2c(cc1OC)[C@H]1Cc3ccc(OC)c(OC)c3CN1CC2.O=C(O)/C=C\C(=O)O. The van der Waals surface area contributed by atoms with E-state index < -0.39 is 11.9 Å². The van der Waals surface area contributed by atoms with Crippen molar-refractivity contribution in [2.24, 2.45) is 0 Å². The van der Waals surface area contributed by atoms with Crippen LogP contribution < -0.4 is 18.9 Å². The average Bonchev–Trinajstić information content (AvgIpc) is 2.84. The van der Waals surface area contributed by atoms with Gasteiger partial charge in [0.15, 0.2) is 23.0 Å². The molecule has 2 heterocycles. The summed E-state index contributed by atoms with van der Waals surface area (Å²) in [4.78, 5) is 21.6. The number of fused-ring (bicyclic) bond motifs is 4. The Morgan fingerprint density at radius 1 is 0.882 bits per heavy atom. The lowest BCUT2D eigenvalue weighted by Crippen LogP contribution is -2.39. The van der Waals surface area contributed by atoms with Crippen molar-refractivity contribution >= 4 is 11.9 Å². The second kappa shape index (κ2) is 10.9. The first-order valence-corrected chi connectivity index (χ1v) is 10.7. The molecule has 0 aliphatic carbocycles. The maximum absolute atomic E-state index is 9.55. The van der Waals surface area contributed by atoms with Gasteiger partial charge in [-0.2, -0.15) is 0 Å². The van der Waals surface area contributed by atoms with Gasteiger partial charge < -0.3 is 29.2 Å². The summed E-state index contributed by atoms with van der Waals surface area (Å²) in [5.74, 6) is 0.753. The van der Waals surface area contributed by atoms with Crippen molar-refractivity contribution in [2.45, 2.75) is 25.4 Å². The third-order valence-corrected chi connectivity index (χ3v) is 6.00. The zero-order chi connectivity index (χ0) is 24.8. The minimum atomic E-state index is -1.26. The molecule has 0 saturated carbocycles. The maximum Gasteiger partial charge on any atom is 0.328 e. The molecule has 0 radical (unpaired) electrons. The lowest BCUT2D eigenvalue weighted by atomic mass is 9.83. The highest BCUT2D eigenvalue weighted by Gasteiger charge is 2.34. The van der Waals surface area contributed by atoms with E-state index in [1.807, 2.05) is 6.07 Å². The molecule has 182 valence electrons. The van der Waals surface area contributed by atoms with Gasteiger partial charge in [-0.15, -0.1) is 0 Å². The van der Waals surface area contributed by atoms with Crippen LogP contribution in [0.2, 0.25) is 0 Å². The number of aliphatic carboxylic acids is 2. The van der Waals surface area contributed by atoms with Crippen molar-refractivity contribution in [3.63, 3.8) is 0 Å². The molecular formula is C25H29NO8. The topological polar surface area (TPSA) is 115 Å². The lowest BCUT2D eigenvalue weighted by molar-refractivity contribution is -0.134. The summed E-state index contributed by atoms with van der Waals surface area (Å²) in [7, 11) is 6.79. The Balaban J connectivity index is 0.000000350. The van der Waals surface area contributed by atoms with Crippen LogP contribution >= 0.6 is 0 Å². The minimum Gasteiger partial charge on any atom is -0.493 e. The van der Waals surface area contributed by atoms with E-state index in [1.165, 1.54) is 22.3 Å². The normalized spacial score (nSPS) is 16.3. The van der Waals surface area contributed by atoms with Gasteiger partial charge in [0.25, 0.3) is 0 Å². The number of carboxylic acids is 2. The fraction of sp³-hybridized carbons (Fsp3) is 0.360. The molecule has 0 spiro atoms. The molecule has 4 rings (SSSR count). The summed E-state index contributed by atoms with van der Waals surface area (Å²) in [5, 5.41) is 15.6. The molecular weight excluding hydrogens is 442 g/mol. The Kier molecular flexibility index (Phi) is 8.01. The van der Waals surface area contributed by atoms with Crippen molar-refractivity contribution in [3.8, 4) is 23.0 Å². The highest BCUT2D eigenvalue weighted by Crippen LogP contribution is 2.45.